The SMILES string of the molecule is O=C(OCC1CCCCO1)C1CCCN1C(=O)c1ccco1. The summed E-state index contributed by atoms with van der Waals surface area (Å²) in [6.45, 7) is 1.56. The molecule has 2 fully saturated rings. The number of hydrogen-bond acceptors (Lipinski definition) is 5. The third-order valence-electron chi connectivity index (χ3n) is 4.20. The van der Waals surface area contributed by atoms with Crippen molar-refractivity contribution in [2.24, 2.45) is 0 Å². The Kier molecular flexibility index (Phi) is 4.77. The number of furan rings is 1. The summed E-state index contributed by atoms with van der Waals surface area (Å²) in [5.74, 6) is -0.333. The molecule has 2 saturated heterocycles. The normalized spacial score (nSPS) is 25.2. The van der Waals surface area contributed by atoms with Crippen molar-refractivity contribution in [3.8, 4) is 0 Å². The summed E-state index contributed by atoms with van der Waals surface area (Å²) in [4.78, 5) is 26.1. The van der Waals surface area contributed by atoms with Gasteiger partial charge in [0.05, 0.1) is 12.4 Å². The molecule has 1 aromatic rings. The number of esters is 1. The van der Waals surface area contributed by atoms with Crippen LogP contribution in [0.1, 0.15) is 42.7 Å². The number of carbonyl (C=O) groups is 2. The molecule has 1 amide bonds. The van der Waals surface area contributed by atoms with Crippen LogP contribution in [0.4, 0.5) is 0 Å². The fraction of sp³-hybridized carbons (Fsp3) is 0.625. The minimum Gasteiger partial charge on any atom is -0.461 e. The van der Waals surface area contributed by atoms with E-state index in [4.69, 9.17) is 13.9 Å². The van der Waals surface area contributed by atoms with Gasteiger partial charge in [-0.3, -0.25) is 4.79 Å². The molecule has 3 heterocycles. The number of nitrogens with zero attached hydrogens (tertiary/aromatic N) is 1. The number of amides is 1. The van der Waals surface area contributed by atoms with Gasteiger partial charge in [0, 0.05) is 13.2 Å². The Bertz CT molecular complexity index is 507. The molecule has 6 nitrogen and oxygen atoms in total. The van der Waals surface area contributed by atoms with Crippen molar-refractivity contribution in [2.45, 2.75) is 44.2 Å². The minimum atomic E-state index is -0.513. The molecule has 2 aliphatic heterocycles. The van der Waals surface area contributed by atoms with Crippen LogP contribution in [-0.4, -0.2) is 48.7 Å². The molecule has 3 rings (SSSR count). The van der Waals surface area contributed by atoms with E-state index in [1.54, 1.807) is 17.0 Å². The highest BCUT2D eigenvalue weighted by Gasteiger charge is 2.36. The molecular formula is C16H21NO5. The van der Waals surface area contributed by atoms with Gasteiger partial charge in [-0.2, -0.15) is 0 Å². The van der Waals surface area contributed by atoms with E-state index in [-0.39, 0.29) is 30.3 Å². The quantitative estimate of drug-likeness (QED) is 0.796. The molecule has 2 aliphatic rings. The Morgan fingerprint density at radius 1 is 1.27 bits per heavy atom. The summed E-state index contributed by atoms with van der Waals surface area (Å²) in [5, 5.41) is 0. The Morgan fingerprint density at radius 2 is 2.18 bits per heavy atom. The molecule has 2 unspecified atom stereocenters. The Labute approximate surface area is 129 Å². The van der Waals surface area contributed by atoms with E-state index in [0.29, 0.717) is 13.0 Å². The van der Waals surface area contributed by atoms with Crippen molar-refractivity contribution >= 4 is 11.9 Å². The molecular weight excluding hydrogens is 286 g/mol. The summed E-state index contributed by atoms with van der Waals surface area (Å²) in [6, 6.07) is 2.76. The topological polar surface area (TPSA) is 69.0 Å². The zero-order chi connectivity index (χ0) is 15.4. The van der Waals surface area contributed by atoms with Gasteiger partial charge in [-0.05, 0) is 44.2 Å². The van der Waals surface area contributed by atoms with Crippen LogP contribution in [0, 0.1) is 0 Å². The number of hydrogen-bond donors (Lipinski definition) is 0. The van der Waals surface area contributed by atoms with Gasteiger partial charge in [0.25, 0.3) is 5.91 Å². The van der Waals surface area contributed by atoms with E-state index in [1.807, 2.05) is 0 Å². The molecule has 0 bridgehead atoms. The van der Waals surface area contributed by atoms with Crippen LogP contribution in [0.15, 0.2) is 22.8 Å². The van der Waals surface area contributed by atoms with E-state index in [2.05, 4.69) is 0 Å². The van der Waals surface area contributed by atoms with Crippen LogP contribution < -0.4 is 0 Å². The second kappa shape index (κ2) is 6.96. The van der Waals surface area contributed by atoms with E-state index in [1.165, 1.54) is 6.26 Å². The fourth-order valence-electron chi connectivity index (χ4n) is 3.01. The lowest BCUT2D eigenvalue weighted by atomic mass is 10.1. The van der Waals surface area contributed by atoms with E-state index < -0.39 is 6.04 Å². The van der Waals surface area contributed by atoms with Crippen LogP contribution in [0.5, 0.6) is 0 Å². The molecule has 0 aliphatic carbocycles. The maximum Gasteiger partial charge on any atom is 0.328 e. The van der Waals surface area contributed by atoms with E-state index in [9.17, 15) is 9.59 Å². The molecule has 0 aromatic carbocycles. The molecule has 22 heavy (non-hydrogen) atoms. The highest BCUT2D eigenvalue weighted by Crippen LogP contribution is 2.22. The number of likely N-dealkylation sites (tertiary alicyclic amines) is 1. The van der Waals surface area contributed by atoms with Gasteiger partial charge in [0.15, 0.2) is 5.76 Å². The Balaban J connectivity index is 1.55. The first-order chi connectivity index (χ1) is 10.8. The zero-order valence-corrected chi connectivity index (χ0v) is 12.5. The lowest BCUT2D eigenvalue weighted by Gasteiger charge is -2.25. The zero-order valence-electron chi connectivity index (χ0n) is 12.5. The molecule has 120 valence electrons. The van der Waals surface area contributed by atoms with Gasteiger partial charge in [-0.25, -0.2) is 4.79 Å². The van der Waals surface area contributed by atoms with Crippen LogP contribution >= 0.6 is 0 Å². The van der Waals surface area contributed by atoms with Gasteiger partial charge >= 0.3 is 5.97 Å². The van der Waals surface area contributed by atoms with Crippen molar-refractivity contribution in [1.29, 1.82) is 0 Å². The second-order valence-electron chi connectivity index (χ2n) is 5.75. The standard InChI is InChI=1S/C16H21NO5/c18-15(14-7-4-10-21-14)17-8-3-6-13(17)16(19)22-11-12-5-1-2-9-20-12/h4,7,10,12-13H,1-3,5-6,8-9,11H2. The van der Waals surface area contributed by atoms with Crippen LogP contribution in [0.3, 0.4) is 0 Å². The smallest absolute Gasteiger partial charge is 0.328 e. The molecule has 1 aromatic heterocycles. The van der Waals surface area contributed by atoms with E-state index in [0.717, 1.165) is 32.3 Å². The fourth-order valence-corrected chi connectivity index (χ4v) is 3.01. The molecule has 0 saturated carbocycles. The summed E-state index contributed by atoms with van der Waals surface area (Å²) in [5.41, 5.74) is 0. The largest absolute Gasteiger partial charge is 0.461 e. The summed E-state index contributed by atoms with van der Waals surface area (Å²) in [6.07, 6.45) is 5.98. The monoisotopic (exact) mass is 307 g/mol. The minimum absolute atomic E-state index is 0.00618. The maximum absolute atomic E-state index is 12.3. The van der Waals surface area contributed by atoms with Gasteiger partial charge in [-0.15, -0.1) is 0 Å². The summed E-state index contributed by atoms with van der Waals surface area (Å²) >= 11 is 0. The third kappa shape index (κ3) is 3.32. The molecule has 0 radical (unpaired) electrons. The highest BCUT2D eigenvalue weighted by atomic mass is 16.6. The van der Waals surface area contributed by atoms with Crippen molar-refractivity contribution in [2.75, 3.05) is 19.8 Å². The van der Waals surface area contributed by atoms with Crippen molar-refractivity contribution in [3.63, 3.8) is 0 Å². The summed E-state index contributed by atoms with van der Waals surface area (Å²) in [7, 11) is 0. The predicted molar refractivity (Wildman–Crippen MR) is 77.3 cm³/mol. The van der Waals surface area contributed by atoms with Crippen LogP contribution in [-0.2, 0) is 14.3 Å². The number of carbonyl (C=O) groups excluding carboxylic acids is 2. The second-order valence-corrected chi connectivity index (χ2v) is 5.75. The number of rotatable bonds is 4. The first-order valence-corrected chi connectivity index (χ1v) is 7.88. The summed E-state index contributed by atoms with van der Waals surface area (Å²) < 4.78 is 16.1. The predicted octanol–water partition coefficient (Wildman–Crippen LogP) is 2.00. The molecule has 6 heteroatoms. The Morgan fingerprint density at radius 3 is 2.91 bits per heavy atom. The van der Waals surface area contributed by atoms with Crippen LogP contribution in [0.2, 0.25) is 0 Å². The molecule has 2 atom stereocenters. The first kappa shape index (κ1) is 15.1. The lowest BCUT2D eigenvalue weighted by Crippen LogP contribution is -2.42. The molecule has 0 spiro atoms. The van der Waals surface area contributed by atoms with Crippen molar-refractivity contribution in [1.82, 2.24) is 4.90 Å². The average molecular weight is 307 g/mol. The Hall–Kier alpha value is -1.82. The maximum atomic E-state index is 12.3. The van der Waals surface area contributed by atoms with Gasteiger partial charge in [-0.1, -0.05) is 0 Å². The van der Waals surface area contributed by atoms with Gasteiger partial charge in [0.2, 0.25) is 0 Å². The lowest BCUT2D eigenvalue weighted by molar-refractivity contribution is -0.153. The van der Waals surface area contributed by atoms with Gasteiger partial charge < -0.3 is 18.8 Å². The average Bonchev–Trinajstić information content (AvgIpc) is 3.24. The number of ether oxygens (including phenoxy) is 2. The first-order valence-electron chi connectivity index (χ1n) is 7.88. The third-order valence-corrected chi connectivity index (χ3v) is 4.20. The molecule has 0 N–H and O–H groups in total. The van der Waals surface area contributed by atoms with E-state index >= 15 is 0 Å². The highest BCUT2D eigenvalue weighted by molar-refractivity contribution is 5.94. The van der Waals surface area contributed by atoms with Crippen LogP contribution in [0.25, 0.3) is 0 Å². The van der Waals surface area contributed by atoms with Crippen molar-refractivity contribution in [3.05, 3.63) is 24.2 Å². The van der Waals surface area contributed by atoms with Crippen molar-refractivity contribution < 1.29 is 23.5 Å². The van der Waals surface area contributed by atoms with Gasteiger partial charge in [0.1, 0.15) is 12.6 Å².